The summed E-state index contributed by atoms with van der Waals surface area (Å²) >= 11 is 1.15. The van der Waals surface area contributed by atoms with Crippen molar-refractivity contribution in [3.8, 4) is 0 Å². The number of alkyl halides is 3. The van der Waals surface area contributed by atoms with E-state index in [1.165, 1.54) is 17.0 Å². The minimum absolute atomic E-state index is 0.0742. The van der Waals surface area contributed by atoms with Gasteiger partial charge in [-0.3, -0.25) is 4.79 Å². The van der Waals surface area contributed by atoms with Crippen LogP contribution in [0.5, 0.6) is 0 Å². The van der Waals surface area contributed by atoms with Crippen LogP contribution in [0.25, 0.3) is 0 Å². The molecule has 2 aliphatic heterocycles. The molecule has 27 heavy (non-hydrogen) atoms. The highest BCUT2D eigenvalue weighted by molar-refractivity contribution is 8.16. The number of hydrogen-bond donors (Lipinski definition) is 0. The first kappa shape index (κ1) is 20.2. The van der Waals surface area contributed by atoms with E-state index in [0.717, 1.165) is 23.9 Å². The quantitative estimate of drug-likeness (QED) is 0.750. The molecule has 2 atom stereocenters. The fraction of sp³-hybridized carbons (Fsp3) is 0.529. The van der Waals surface area contributed by atoms with E-state index < -0.39 is 27.6 Å². The fourth-order valence-electron chi connectivity index (χ4n) is 3.20. The van der Waals surface area contributed by atoms with E-state index in [2.05, 4.69) is 4.99 Å². The number of aliphatic imine (C=N–C) groups is 1. The Morgan fingerprint density at radius 2 is 2.04 bits per heavy atom. The minimum Gasteiger partial charge on any atom is -0.316 e. The number of carbonyl (C=O) groups is 1. The molecule has 0 unspecified atom stereocenters. The predicted molar refractivity (Wildman–Crippen MR) is 99.6 cm³/mol. The molecular formula is C17H19F3N2O3S2. The molecule has 0 aliphatic carbocycles. The molecule has 1 amide bonds. The lowest BCUT2D eigenvalue weighted by molar-refractivity contribution is -0.137. The van der Waals surface area contributed by atoms with Crippen molar-refractivity contribution in [1.29, 1.82) is 0 Å². The van der Waals surface area contributed by atoms with Crippen molar-refractivity contribution in [1.82, 2.24) is 0 Å². The van der Waals surface area contributed by atoms with Crippen molar-refractivity contribution >= 4 is 38.4 Å². The lowest BCUT2D eigenvalue weighted by Gasteiger charge is -2.25. The summed E-state index contributed by atoms with van der Waals surface area (Å²) in [4.78, 5) is 17.7. The van der Waals surface area contributed by atoms with Crippen LogP contribution in [-0.4, -0.2) is 42.3 Å². The highest BCUT2D eigenvalue weighted by Crippen LogP contribution is 2.42. The summed E-state index contributed by atoms with van der Waals surface area (Å²) in [5, 5.41) is -0.0833. The number of hydrogen-bond acceptors (Lipinski definition) is 4. The standard InChI is InChI=1S/C17H19F3N2O3S2/c1-10(2)6-15(23)21-16-22(13-8-27(24,25)9-14(13)26-16)12-5-3-4-11(7-12)17(18,19)20/h3-5,7,10,13-14H,6,8-9H2,1-2H3/t13-,14-/m1/s1. The topological polar surface area (TPSA) is 66.8 Å². The summed E-state index contributed by atoms with van der Waals surface area (Å²) in [6.45, 7) is 3.73. The second-order valence-corrected chi connectivity index (χ2v) is 10.5. The van der Waals surface area contributed by atoms with Crippen LogP contribution >= 0.6 is 11.8 Å². The Labute approximate surface area is 159 Å². The normalized spacial score (nSPS) is 26.0. The van der Waals surface area contributed by atoms with Crippen LogP contribution in [0.2, 0.25) is 0 Å². The number of carbonyl (C=O) groups excluding carboxylic acids is 1. The summed E-state index contributed by atoms with van der Waals surface area (Å²) in [5.74, 6) is -0.518. The predicted octanol–water partition coefficient (Wildman–Crippen LogP) is 3.35. The van der Waals surface area contributed by atoms with Crippen LogP contribution in [0.4, 0.5) is 18.9 Å². The number of nitrogens with zero attached hydrogens (tertiary/aromatic N) is 2. The van der Waals surface area contributed by atoms with Crippen LogP contribution in [-0.2, 0) is 20.8 Å². The van der Waals surface area contributed by atoms with Gasteiger partial charge in [0.15, 0.2) is 15.0 Å². The number of rotatable bonds is 3. The van der Waals surface area contributed by atoms with Crippen molar-refractivity contribution in [2.45, 2.75) is 37.7 Å². The zero-order chi connectivity index (χ0) is 20.0. The van der Waals surface area contributed by atoms with E-state index in [4.69, 9.17) is 0 Å². The maximum atomic E-state index is 13.1. The number of benzene rings is 1. The first-order valence-electron chi connectivity index (χ1n) is 8.41. The molecule has 10 heteroatoms. The molecule has 148 valence electrons. The molecule has 5 nitrogen and oxygen atoms in total. The third-order valence-corrected chi connectivity index (χ3v) is 7.53. The van der Waals surface area contributed by atoms with Crippen molar-refractivity contribution in [3.63, 3.8) is 0 Å². The third kappa shape index (κ3) is 4.48. The van der Waals surface area contributed by atoms with Gasteiger partial charge in [0.25, 0.3) is 0 Å². The zero-order valence-corrected chi connectivity index (χ0v) is 16.4. The number of sulfone groups is 1. The number of amidine groups is 1. The van der Waals surface area contributed by atoms with E-state index in [9.17, 15) is 26.4 Å². The monoisotopic (exact) mass is 420 g/mol. The number of halogens is 3. The van der Waals surface area contributed by atoms with Gasteiger partial charge < -0.3 is 4.90 Å². The van der Waals surface area contributed by atoms with Gasteiger partial charge in [-0.05, 0) is 24.1 Å². The van der Waals surface area contributed by atoms with Gasteiger partial charge in [0.2, 0.25) is 5.91 Å². The second-order valence-electron chi connectivity index (χ2n) is 7.10. The zero-order valence-electron chi connectivity index (χ0n) is 14.7. The minimum atomic E-state index is -4.52. The Balaban J connectivity index is 2.01. The number of fused-ring (bicyclic) bond motifs is 1. The first-order chi connectivity index (χ1) is 12.5. The van der Waals surface area contributed by atoms with Crippen LogP contribution in [0.3, 0.4) is 0 Å². The van der Waals surface area contributed by atoms with Crippen LogP contribution < -0.4 is 4.90 Å². The van der Waals surface area contributed by atoms with Gasteiger partial charge in [-0.2, -0.15) is 18.2 Å². The van der Waals surface area contributed by atoms with Crippen molar-refractivity contribution < 1.29 is 26.4 Å². The molecule has 2 heterocycles. The van der Waals surface area contributed by atoms with Crippen LogP contribution in [0.1, 0.15) is 25.8 Å². The van der Waals surface area contributed by atoms with Crippen molar-refractivity contribution in [2.75, 3.05) is 16.4 Å². The van der Waals surface area contributed by atoms with Crippen LogP contribution in [0.15, 0.2) is 29.3 Å². The Hall–Kier alpha value is -1.55. The molecule has 0 saturated carbocycles. The summed E-state index contributed by atoms with van der Waals surface area (Å²) in [5.41, 5.74) is -0.639. The Bertz CT molecular complexity index is 882. The third-order valence-electron chi connectivity index (χ3n) is 4.32. The van der Waals surface area contributed by atoms with E-state index in [1.54, 1.807) is 0 Å². The van der Waals surface area contributed by atoms with Gasteiger partial charge in [0.05, 0.1) is 23.1 Å². The van der Waals surface area contributed by atoms with E-state index in [-0.39, 0.29) is 45.9 Å². The van der Waals surface area contributed by atoms with Gasteiger partial charge in [0.1, 0.15) is 0 Å². The first-order valence-corrected chi connectivity index (χ1v) is 11.1. The molecule has 2 aliphatic rings. The summed E-state index contributed by atoms with van der Waals surface area (Å²) in [6, 6.07) is 4.14. The SMILES string of the molecule is CC(C)CC(=O)N=C1S[C@@H]2CS(=O)(=O)C[C@H]2N1c1cccc(C(F)(F)F)c1. The Morgan fingerprint density at radius 1 is 1.33 bits per heavy atom. The van der Waals surface area contributed by atoms with Gasteiger partial charge in [-0.25, -0.2) is 8.42 Å². The molecule has 0 aromatic heterocycles. The maximum Gasteiger partial charge on any atom is 0.416 e. The molecule has 0 bridgehead atoms. The number of anilines is 1. The summed E-state index contributed by atoms with van der Waals surface area (Å²) < 4.78 is 63.3. The molecule has 0 spiro atoms. The smallest absolute Gasteiger partial charge is 0.316 e. The lowest BCUT2D eigenvalue weighted by Crippen LogP contribution is -2.37. The number of amides is 1. The average Bonchev–Trinajstić information content (AvgIpc) is 2.96. The molecular weight excluding hydrogens is 401 g/mol. The maximum absolute atomic E-state index is 13.1. The van der Waals surface area contributed by atoms with Gasteiger partial charge >= 0.3 is 6.18 Å². The van der Waals surface area contributed by atoms with Crippen molar-refractivity contribution in [3.05, 3.63) is 29.8 Å². The lowest BCUT2D eigenvalue weighted by atomic mass is 10.1. The molecule has 0 radical (unpaired) electrons. The molecule has 1 aromatic carbocycles. The van der Waals surface area contributed by atoms with E-state index in [0.29, 0.717) is 0 Å². The Morgan fingerprint density at radius 3 is 2.67 bits per heavy atom. The van der Waals surface area contributed by atoms with Crippen molar-refractivity contribution in [2.24, 2.45) is 10.9 Å². The average molecular weight is 420 g/mol. The summed E-state index contributed by atoms with van der Waals surface area (Å²) in [7, 11) is -3.28. The molecule has 2 saturated heterocycles. The number of thioether (sulfide) groups is 1. The van der Waals surface area contributed by atoms with Gasteiger partial charge in [-0.1, -0.05) is 31.7 Å². The molecule has 3 rings (SSSR count). The highest BCUT2D eigenvalue weighted by atomic mass is 32.2. The van der Waals surface area contributed by atoms with E-state index >= 15 is 0 Å². The Kier molecular flexibility index (Phi) is 5.33. The van der Waals surface area contributed by atoms with Gasteiger partial charge in [-0.15, -0.1) is 0 Å². The fourth-order valence-corrected chi connectivity index (χ4v) is 7.13. The molecule has 2 fully saturated rings. The highest BCUT2D eigenvalue weighted by Gasteiger charge is 2.49. The largest absolute Gasteiger partial charge is 0.416 e. The molecule has 1 aromatic rings. The second kappa shape index (κ2) is 7.12. The van der Waals surface area contributed by atoms with Crippen LogP contribution in [0, 0.1) is 5.92 Å². The van der Waals surface area contributed by atoms with Gasteiger partial charge in [0, 0.05) is 17.4 Å². The molecule has 0 N–H and O–H groups in total. The summed E-state index contributed by atoms with van der Waals surface area (Å²) in [6.07, 6.45) is -4.30. The van der Waals surface area contributed by atoms with E-state index in [1.807, 2.05) is 13.8 Å².